The first-order valence-corrected chi connectivity index (χ1v) is 6.40. The number of hydrogen-bond donors (Lipinski definition) is 3. The monoisotopic (exact) mass is 280 g/mol. The number of carboxylic acids is 1. The Labute approximate surface area is 118 Å². The number of ether oxygens (including phenoxy) is 1. The largest absolute Gasteiger partial charge is 0.497 e. The summed E-state index contributed by atoms with van der Waals surface area (Å²) in [6.45, 7) is 2.12. The van der Waals surface area contributed by atoms with Gasteiger partial charge in [-0.3, -0.25) is 4.79 Å². The summed E-state index contributed by atoms with van der Waals surface area (Å²) in [5, 5.41) is 13.9. The number of rotatable bonds is 7. The highest BCUT2D eigenvalue weighted by atomic mass is 16.5. The molecule has 0 aromatic heterocycles. The topological polar surface area (TPSA) is 87.7 Å². The minimum atomic E-state index is -0.929. The maximum absolute atomic E-state index is 11.4. The molecule has 3 N–H and O–H groups in total. The summed E-state index contributed by atoms with van der Waals surface area (Å²) in [4.78, 5) is 22.0. The first kappa shape index (κ1) is 15.8. The molecule has 0 aliphatic heterocycles. The van der Waals surface area contributed by atoms with Gasteiger partial charge in [0, 0.05) is 13.1 Å². The van der Waals surface area contributed by atoms with Crippen LogP contribution in [0.25, 0.3) is 0 Å². The van der Waals surface area contributed by atoms with E-state index in [-0.39, 0.29) is 12.6 Å². The molecule has 0 fully saturated rings. The second-order valence-electron chi connectivity index (χ2n) is 4.48. The van der Waals surface area contributed by atoms with Crippen molar-refractivity contribution in [3.8, 4) is 5.75 Å². The van der Waals surface area contributed by atoms with E-state index in [0.29, 0.717) is 13.0 Å². The number of benzene rings is 1. The fourth-order valence-corrected chi connectivity index (χ4v) is 1.54. The van der Waals surface area contributed by atoms with Gasteiger partial charge in [-0.05, 0) is 24.1 Å². The van der Waals surface area contributed by atoms with Crippen LogP contribution in [0.5, 0.6) is 5.75 Å². The molecule has 6 nitrogen and oxygen atoms in total. The van der Waals surface area contributed by atoms with Crippen LogP contribution in [0.3, 0.4) is 0 Å². The quantitative estimate of drug-likeness (QED) is 0.701. The van der Waals surface area contributed by atoms with Crippen molar-refractivity contribution in [1.82, 2.24) is 10.6 Å². The van der Waals surface area contributed by atoms with Crippen LogP contribution < -0.4 is 15.4 Å². The molecule has 1 atom stereocenters. The summed E-state index contributed by atoms with van der Waals surface area (Å²) in [5.41, 5.74) is 1.06. The number of carboxylic acid groups (broad SMARTS) is 1. The molecule has 2 amide bonds. The normalized spacial score (nSPS) is 11.5. The minimum Gasteiger partial charge on any atom is -0.497 e. The third kappa shape index (κ3) is 5.60. The first-order chi connectivity index (χ1) is 9.52. The van der Waals surface area contributed by atoms with Gasteiger partial charge in [0.2, 0.25) is 0 Å². The van der Waals surface area contributed by atoms with Gasteiger partial charge in [-0.25, -0.2) is 4.79 Å². The van der Waals surface area contributed by atoms with Gasteiger partial charge in [-0.2, -0.15) is 0 Å². The zero-order valence-corrected chi connectivity index (χ0v) is 11.7. The zero-order chi connectivity index (χ0) is 15.0. The van der Waals surface area contributed by atoms with Crippen LogP contribution in [0.1, 0.15) is 12.5 Å². The Morgan fingerprint density at radius 1 is 1.35 bits per heavy atom. The summed E-state index contributed by atoms with van der Waals surface area (Å²) >= 11 is 0. The van der Waals surface area contributed by atoms with Crippen molar-refractivity contribution in [3.63, 3.8) is 0 Å². The molecular formula is C14H20N2O4. The van der Waals surface area contributed by atoms with E-state index in [2.05, 4.69) is 10.6 Å². The molecule has 1 rings (SSSR count). The minimum absolute atomic E-state index is 0.111. The molecule has 0 radical (unpaired) electrons. The second-order valence-corrected chi connectivity index (χ2v) is 4.48. The molecule has 0 aliphatic carbocycles. The third-order valence-electron chi connectivity index (χ3n) is 2.82. The van der Waals surface area contributed by atoms with Gasteiger partial charge in [0.25, 0.3) is 0 Å². The van der Waals surface area contributed by atoms with Crippen LogP contribution in [0.15, 0.2) is 24.3 Å². The van der Waals surface area contributed by atoms with Gasteiger partial charge >= 0.3 is 12.0 Å². The summed E-state index contributed by atoms with van der Waals surface area (Å²) in [7, 11) is 1.61. The fraction of sp³-hybridized carbons (Fsp3) is 0.429. The fourth-order valence-electron chi connectivity index (χ4n) is 1.54. The lowest BCUT2D eigenvalue weighted by atomic mass is 10.1. The molecule has 0 bridgehead atoms. The number of urea groups is 1. The van der Waals surface area contributed by atoms with Crippen molar-refractivity contribution in [2.24, 2.45) is 5.92 Å². The van der Waals surface area contributed by atoms with Crippen LogP contribution >= 0.6 is 0 Å². The van der Waals surface area contributed by atoms with E-state index in [1.165, 1.54) is 0 Å². The number of nitrogens with one attached hydrogen (secondary N) is 2. The van der Waals surface area contributed by atoms with Crippen LogP contribution in [0, 0.1) is 5.92 Å². The van der Waals surface area contributed by atoms with Gasteiger partial charge in [-0.1, -0.05) is 19.1 Å². The molecule has 110 valence electrons. The highest BCUT2D eigenvalue weighted by Crippen LogP contribution is 2.12. The van der Waals surface area contributed by atoms with E-state index in [4.69, 9.17) is 9.84 Å². The van der Waals surface area contributed by atoms with Crippen molar-refractivity contribution in [3.05, 3.63) is 29.8 Å². The molecule has 0 spiro atoms. The molecule has 6 heteroatoms. The average molecular weight is 280 g/mol. The average Bonchev–Trinajstić information content (AvgIpc) is 2.44. The third-order valence-corrected chi connectivity index (χ3v) is 2.82. The Balaban J connectivity index is 2.26. The van der Waals surface area contributed by atoms with Crippen LogP contribution in [-0.4, -0.2) is 37.3 Å². The molecule has 20 heavy (non-hydrogen) atoms. The van der Waals surface area contributed by atoms with Crippen molar-refractivity contribution in [2.75, 3.05) is 20.2 Å². The zero-order valence-electron chi connectivity index (χ0n) is 11.7. The highest BCUT2D eigenvalue weighted by Gasteiger charge is 2.11. The van der Waals surface area contributed by atoms with Gasteiger partial charge in [0.1, 0.15) is 5.75 Å². The molecule has 0 aliphatic rings. The van der Waals surface area contributed by atoms with E-state index in [1.807, 2.05) is 24.3 Å². The molecule has 1 unspecified atom stereocenters. The number of carbonyl (C=O) groups excluding carboxylic acids is 1. The van der Waals surface area contributed by atoms with Gasteiger partial charge in [0.15, 0.2) is 0 Å². The first-order valence-electron chi connectivity index (χ1n) is 6.40. The number of methoxy groups -OCH3 is 1. The second kappa shape index (κ2) is 8.04. The van der Waals surface area contributed by atoms with Crippen molar-refractivity contribution in [1.29, 1.82) is 0 Å². The lowest BCUT2D eigenvalue weighted by molar-refractivity contribution is -0.140. The Kier molecular flexibility index (Phi) is 6.36. The Morgan fingerprint density at radius 3 is 2.75 bits per heavy atom. The van der Waals surface area contributed by atoms with Crippen molar-refractivity contribution >= 4 is 12.0 Å². The summed E-state index contributed by atoms with van der Waals surface area (Å²) in [6, 6.07) is 7.25. The summed E-state index contributed by atoms with van der Waals surface area (Å²) in [5.74, 6) is -0.747. The van der Waals surface area contributed by atoms with Crippen molar-refractivity contribution in [2.45, 2.75) is 13.3 Å². The van der Waals surface area contributed by atoms with E-state index >= 15 is 0 Å². The van der Waals surface area contributed by atoms with Crippen LogP contribution in [0.4, 0.5) is 4.79 Å². The van der Waals surface area contributed by atoms with Crippen molar-refractivity contribution < 1.29 is 19.4 Å². The Bertz CT molecular complexity index is 462. The number of amides is 2. The predicted molar refractivity (Wildman–Crippen MR) is 74.9 cm³/mol. The lowest BCUT2D eigenvalue weighted by Crippen LogP contribution is -2.40. The smallest absolute Gasteiger partial charge is 0.314 e. The van der Waals surface area contributed by atoms with Gasteiger partial charge < -0.3 is 20.5 Å². The Morgan fingerprint density at radius 2 is 2.10 bits per heavy atom. The molecule has 0 heterocycles. The standard InChI is InChI=1S/C14H20N2O4/c1-10(13(17)18)9-16-14(19)15-7-6-11-4-3-5-12(8-11)20-2/h3-5,8,10H,6-7,9H2,1-2H3,(H,17,18)(H2,15,16,19). The highest BCUT2D eigenvalue weighted by molar-refractivity contribution is 5.75. The predicted octanol–water partition coefficient (Wildman–Crippen LogP) is 1.26. The maximum atomic E-state index is 11.4. The van der Waals surface area contributed by atoms with Gasteiger partial charge in [-0.15, -0.1) is 0 Å². The van der Waals surface area contributed by atoms with E-state index < -0.39 is 11.9 Å². The molecule has 0 saturated heterocycles. The van der Waals surface area contributed by atoms with E-state index in [0.717, 1.165) is 11.3 Å². The number of hydrogen-bond acceptors (Lipinski definition) is 3. The molecule has 0 saturated carbocycles. The number of carbonyl (C=O) groups is 2. The van der Waals surface area contributed by atoms with E-state index in [9.17, 15) is 9.59 Å². The Hall–Kier alpha value is -2.24. The van der Waals surface area contributed by atoms with Crippen LogP contribution in [-0.2, 0) is 11.2 Å². The summed E-state index contributed by atoms with van der Waals surface area (Å²) < 4.78 is 5.11. The lowest BCUT2D eigenvalue weighted by Gasteiger charge is -2.10. The maximum Gasteiger partial charge on any atom is 0.314 e. The molecule has 1 aromatic carbocycles. The molecular weight excluding hydrogens is 260 g/mol. The van der Waals surface area contributed by atoms with E-state index in [1.54, 1.807) is 14.0 Å². The SMILES string of the molecule is COc1cccc(CCNC(=O)NCC(C)C(=O)O)c1. The number of aliphatic carboxylic acids is 1. The molecule has 1 aromatic rings. The summed E-state index contributed by atoms with van der Waals surface area (Å²) in [6.07, 6.45) is 0.680. The van der Waals surface area contributed by atoms with Crippen LogP contribution in [0.2, 0.25) is 0 Å². The van der Waals surface area contributed by atoms with Gasteiger partial charge in [0.05, 0.1) is 13.0 Å².